The van der Waals surface area contributed by atoms with Crippen LogP contribution in [0.5, 0.6) is 0 Å². The quantitative estimate of drug-likeness (QED) is 0.534. The number of aromatic nitrogens is 2. The summed E-state index contributed by atoms with van der Waals surface area (Å²) in [5.41, 5.74) is 0. The highest BCUT2D eigenvalue weighted by molar-refractivity contribution is 7.79. The van der Waals surface area contributed by atoms with Gasteiger partial charge in [0, 0.05) is 19.2 Å². The van der Waals surface area contributed by atoms with E-state index in [1.54, 1.807) is 0 Å². The molecule has 0 aromatic carbocycles. The topological polar surface area (TPSA) is 104 Å². The summed E-state index contributed by atoms with van der Waals surface area (Å²) in [5.74, 6) is 1.15. The van der Waals surface area contributed by atoms with Crippen LogP contribution in [0.1, 0.15) is 6.42 Å². The van der Waals surface area contributed by atoms with Gasteiger partial charge in [-0.25, -0.2) is 4.68 Å². The molecule has 0 saturated heterocycles. The predicted molar refractivity (Wildman–Crippen MR) is 49.5 cm³/mol. The molecule has 0 saturated carbocycles. The Kier molecular flexibility index (Phi) is 3.44. The molecule has 0 radical (unpaired) electrons. The number of hydrogen-bond acceptors (Lipinski definition) is 4. The third-order valence-corrected chi connectivity index (χ3v) is 1.57. The van der Waals surface area contributed by atoms with Gasteiger partial charge in [0.05, 0.1) is 6.20 Å². The SMILES string of the molecule is O=S(=O)(O)O.c1cc2n(n1)CCCN2. The fraction of sp³-hybridized carbons (Fsp3) is 0.500. The molecule has 7 nitrogen and oxygen atoms in total. The molecule has 0 atom stereocenters. The third-order valence-electron chi connectivity index (χ3n) is 1.57. The van der Waals surface area contributed by atoms with Gasteiger partial charge in [0.2, 0.25) is 0 Å². The van der Waals surface area contributed by atoms with Crippen LogP contribution in [0.15, 0.2) is 12.3 Å². The zero-order valence-electron chi connectivity index (χ0n) is 7.29. The van der Waals surface area contributed by atoms with Crippen LogP contribution in [0.25, 0.3) is 0 Å². The van der Waals surface area contributed by atoms with E-state index in [-0.39, 0.29) is 0 Å². The summed E-state index contributed by atoms with van der Waals surface area (Å²) in [6.07, 6.45) is 3.02. The molecule has 0 fully saturated rings. The Hall–Kier alpha value is -1.12. The molecule has 0 aliphatic carbocycles. The van der Waals surface area contributed by atoms with Gasteiger partial charge >= 0.3 is 10.4 Å². The summed E-state index contributed by atoms with van der Waals surface area (Å²) in [4.78, 5) is 0. The lowest BCUT2D eigenvalue weighted by Crippen LogP contribution is -2.17. The Morgan fingerprint density at radius 3 is 2.71 bits per heavy atom. The molecule has 1 aromatic rings. The van der Waals surface area contributed by atoms with Crippen molar-refractivity contribution >= 4 is 16.2 Å². The van der Waals surface area contributed by atoms with E-state index in [9.17, 15) is 0 Å². The number of nitrogens with zero attached hydrogens (tertiary/aromatic N) is 2. The van der Waals surface area contributed by atoms with Gasteiger partial charge in [-0.05, 0) is 6.42 Å². The van der Waals surface area contributed by atoms with Gasteiger partial charge in [0.25, 0.3) is 0 Å². The van der Waals surface area contributed by atoms with E-state index in [1.165, 1.54) is 6.42 Å². The molecule has 1 aliphatic rings. The van der Waals surface area contributed by atoms with Crippen molar-refractivity contribution in [3.63, 3.8) is 0 Å². The van der Waals surface area contributed by atoms with E-state index in [0.29, 0.717) is 0 Å². The number of fused-ring (bicyclic) bond motifs is 1. The summed E-state index contributed by atoms with van der Waals surface area (Å²) >= 11 is 0. The lowest BCUT2D eigenvalue weighted by Gasteiger charge is -2.14. The first-order valence-electron chi connectivity index (χ1n) is 3.92. The van der Waals surface area contributed by atoms with Crippen molar-refractivity contribution in [1.29, 1.82) is 0 Å². The molecular weight excluding hydrogens is 210 g/mol. The lowest BCUT2D eigenvalue weighted by molar-refractivity contribution is 0.381. The van der Waals surface area contributed by atoms with Crippen LogP contribution < -0.4 is 5.32 Å². The fourth-order valence-corrected chi connectivity index (χ4v) is 1.11. The van der Waals surface area contributed by atoms with Gasteiger partial charge in [-0.2, -0.15) is 13.5 Å². The van der Waals surface area contributed by atoms with Crippen molar-refractivity contribution in [3.8, 4) is 0 Å². The van der Waals surface area contributed by atoms with Crippen LogP contribution in [-0.2, 0) is 16.9 Å². The number of hydrogen-bond donors (Lipinski definition) is 3. The maximum atomic E-state index is 8.74. The van der Waals surface area contributed by atoms with Crippen LogP contribution >= 0.6 is 0 Å². The van der Waals surface area contributed by atoms with Gasteiger partial charge in [-0.1, -0.05) is 0 Å². The van der Waals surface area contributed by atoms with Crippen LogP contribution in [0.4, 0.5) is 5.82 Å². The second kappa shape index (κ2) is 4.40. The molecule has 80 valence electrons. The largest absolute Gasteiger partial charge is 0.394 e. The molecule has 3 N–H and O–H groups in total. The van der Waals surface area contributed by atoms with Crippen LogP contribution in [-0.4, -0.2) is 33.8 Å². The molecule has 1 aliphatic heterocycles. The van der Waals surface area contributed by atoms with Gasteiger partial charge in [0.1, 0.15) is 5.82 Å². The minimum atomic E-state index is -4.67. The van der Waals surface area contributed by atoms with Crippen LogP contribution in [0.2, 0.25) is 0 Å². The Balaban J connectivity index is 0.000000171. The summed E-state index contributed by atoms with van der Waals surface area (Å²) in [5, 5.41) is 7.35. The smallest absolute Gasteiger partial charge is 0.370 e. The van der Waals surface area contributed by atoms with Gasteiger partial charge < -0.3 is 5.32 Å². The van der Waals surface area contributed by atoms with Crippen molar-refractivity contribution < 1.29 is 17.5 Å². The highest BCUT2D eigenvalue weighted by Gasteiger charge is 2.05. The summed E-state index contributed by atoms with van der Waals surface area (Å²) in [7, 11) is -4.67. The number of nitrogens with one attached hydrogen (secondary N) is 1. The van der Waals surface area contributed by atoms with Crippen molar-refractivity contribution in [1.82, 2.24) is 9.78 Å². The Morgan fingerprint density at radius 2 is 2.14 bits per heavy atom. The minimum absolute atomic E-state index is 1.06. The summed E-state index contributed by atoms with van der Waals surface area (Å²) in [6.45, 7) is 2.15. The minimum Gasteiger partial charge on any atom is -0.370 e. The third kappa shape index (κ3) is 4.21. The molecule has 14 heavy (non-hydrogen) atoms. The maximum absolute atomic E-state index is 8.74. The zero-order chi connectivity index (χ0) is 10.6. The Labute approximate surface area is 81.3 Å². The summed E-state index contributed by atoms with van der Waals surface area (Å²) in [6, 6.07) is 2.00. The van der Waals surface area contributed by atoms with Crippen molar-refractivity contribution in [2.24, 2.45) is 0 Å². The average Bonchev–Trinajstić information content (AvgIpc) is 2.47. The number of rotatable bonds is 0. The standard InChI is InChI=1S/C6H9N3.H2O4S/c1-3-7-6-2-4-8-9(6)5-1;1-5(2,3)4/h2,4,7H,1,3,5H2;(H2,1,2,3,4). The average molecular weight is 221 g/mol. The highest BCUT2D eigenvalue weighted by atomic mass is 32.3. The first-order chi connectivity index (χ1) is 6.47. The fourth-order valence-electron chi connectivity index (χ4n) is 1.11. The van der Waals surface area contributed by atoms with E-state index < -0.39 is 10.4 Å². The highest BCUT2D eigenvalue weighted by Crippen LogP contribution is 2.10. The number of aryl methyl sites for hydroxylation is 1. The molecule has 8 heteroatoms. The Morgan fingerprint density at radius 1 is 1.50 bits per heavy atom. The van der Waals surface area contributed by atoms with E-state index in [0.717, 1.165) is 18.9 Å². The Bertz CT molecular complexity index is 357. The first kappa shape index (κ1) is 11.0. The summed E-state index contributed by atoms with van der Waals surface area (Å²) < 4.78 is 33.6. The van der Waals surface area contributed by atoms with E-state index in [1.807, 2.05) is 16.9 Å². The monoisotopic (exact) mass is 221 g/mol. The molecule has 1 aromatic heterocycles. The molecule has 0 bridgehead atoms. The second-order valence-electron chi connectivity index (χ2n) is 2.67. The van der Waals surface area contributed by atoms with E-state index in [2.05, 4.69) is 10.4 Å². The van der Waals surface area contributed by atoms with Crippen molar-refractivity contribution in [3.05, 3.63) is 12.3 Å². The molecular formula is C6H11N3O4S. The molecule has 0 unspecified atom stereocenters. The van der Waals surface area contributed by atoms with Crippen molar-refractivity contribution in [2.45, 2.75) is 13.0 Å². The van der Waals surface area contributed by atoms with Gasteiger partial charge in [-0.15, -0.1) is 0 Å². The van der Waals surface area contributed by atoms with Crippen molar-refractivity contribution in [2.75, 3.05) is 11.9 Å². The maximum Gasteiger partial charge on any atom is 0.394 e. The lowest BCUT2D eigenvalue weighted by atomic mass is 10.3. The van der Waals surface area contributed by atoms with Gasteiger partial charge in [0.15, 0.2) is 0 Å². The molecule has 2 rings (SSSR count). The van der Waals surface area contributed by atoms with E-state index in [4.69, 9.17) is 17.5 Å². The first-order valence-corrected chi connectivity index (χ1v) is 5.32. The molecule has 2 heterocycles. The van der Waals surface area contributed by atoms with Gasteiger partial charge in [-0.3, -0.25) is 9.11 Å². The second-order valence-corrected chi connectivity index (χ2v) is 3.56. The van der Waals surface area contributed by atoms with Crippen LogP contribution in [0.3, 0.4) is 0 Å². The van der Waals surface area contributed by atoms with Crippen LogP contribution in [0, 0.1) is 0 Å². The predicted octanol–water partition coefficient (Wildman–Crippen LogP) is 0.0459. The van der Waals surface area contributed by atoms with E-state index >= 15 is 0 Å². The molecule has 0 spiro atoms. The zero-order valence-corrected chi connectivity index (χ0v) is 8.11. The normalized spacial score (nSPS) is 14.7. The molecule has 0 amide bonds. The number of anilines is 1.